The van der Waals surface area contributed by atoms with Gasteiger partial charge in [0.1, 0.15) is 11.6 Å². The number of hydrogen-bond acceptors (Lipinski definition) is 5. The van der Waals surface area contributed by atoms with Crippen molar-refractivity contribution in [2.75, 3.05) is 5.32 Å². The number of imidazole rings is 1. The summed E-state index contributed by atoms with van der Waals surface area (Å²) in [5, 5.41) is 3.38. The van der Waals surface area contributed by atoms with Crippen molar-refractivity contribution in [3.05, 3.63) is 65.9 Å². The Hall–Kier alpha value is -3.28. The Morgan fingerprint density at radius 2 is 1.92 bits per heavy atom. The van der Waals surface area contributed by atoms with E-state index in [9.17, 15) is 0 Å². The van der Waals surface area contributed by atoms with Gasteiger partial charge >= 0.3 is 0 Å². The maximum atomic E-state index is 4.74. The van der Waals surface area contributed by atoms with E-state index in [1.54, 1.807) is 12.4 Å². The predicted octanol–water partition coefficient (Wildman–Crippen LogP) is 3.65. The topological polar surface area (TPSA) is 68.5 Å². The van der Waals surface area contributed by atoms with Crippen LogP contribution in [0.5, 0.6) is 0 Å². The summed E-state index contributed by atoms with van der Waals surface area (Å²) in [7, 11) is 2.05. The number of rotatable bonds is 4. The minimum Gasteiger partial charge on any atom is -0.363 e. The highest BCUT2D eigenvalue weighted by molar-refractivity contribution is 5.79. The fourth-order valence-electron chi connectivity index (χ4n) is 3.12. The van der Waals surface area contributed by atoms with Crippen LogP contribution in [0.15, 0.2) is 48.8 Å². The Balaban J connectivity index is 1.62. The minimum atomic E-state index is 0.591. The minimum absolute atomic E-state index is 0.591. The number of pyridine rings is 1. The molecule has 6 heteroatoms. The molecule has 0 saturated heterocycles. The lowest BCUT2D eigenvalue weighted by atomic mass is 10.2. The molecule has 26 heavy (non-hydrogen) atoms. The maximum absolute atomic E-state index is 4.74. The van der Waals surface area contributed by atoms with Crippen LogP contribution in [0.25, 0.3) is 22.4 Å². The van der Waals surface area contributed by atoms with E-state index in [1.165, 1.54) is 11.1 Å². The van der Waals surface area contributed by atoms with Crippen LogP contribution in [-0.4, -0.2) is 24.5 Å². The molecule has 0 fully saturated rings. The lowest BCUT2D eigenvalue weighted by Crippen LogP contribution is -2.08. The van der Waals surface area contributed by atoms with Gasteiger partial charge in [-0.1, -0.05) is 12.1 Å². The third kappa shape index (κ3) is 3.01. The highest BCUT2D eigenvalue weighted by atomic mass is 15.1. The summed E-state index contributed by atoms with van der Waals surface area (Å²) in [5.74, 6) is 2.41. The van der Waals surface area contributed by atoms with Gasteiger partial charge in [-0.3, -0.25) is 4.98 Å². The van der Waals surface area contributed by atoms with Crippen LogP contribution in [0.3, 0.4) is 0 Å². The molecule has 0 aliphatic heterocycles. The standard InChI is InChI=1S/C20H20N6/c1-13-6-4-8-16-19(13)26(3)18(24-16)12-22-17-10-14(2)23-20(25-17)15-7-5-9-21-11-15/h4-11H,12H2,1-3H3,(H,22,23,25). The Labute approximate surface area is 152 Å². The van der Waals surface area contributed by atoms with Gasteiger partial charge in [-0.15, -0.1) is 0 Å². The lowest BCUT2D eigenvalue weighted by Gasteiger charge is -2.09. The Kier molecular flexibility index (Phi) is 4.08. The number of aromatic nitrogens is 5. The fraction of sp³-hybridized carbons (Fsp3) is 0.200. The number of para-hydroxylation sites is 1. The maximum Gasteiger partial charge on any atom is 0.163 e. The summed E-state index contributed by atoms with van der Waals surface area (Å²) in [5.41, 5.74) is 5.21. The van der Waals surface area contributed by atoms with Crippen molar-refractivity contribution in [2.24, 2.45) is 7.05 Å². The van der Waals surface area contributed by atoms with Gasteiger partial charge in [0.25, 0.3) is 0 Å². The highest BCUT2D eigenvalue weighted by Gasteiger charge is 2.10. The first-order valence-corrected chi connectivity index (χ1v) is 8.52. The fourth-order valence-corrected chi connectivity index (χ4v) is 3.12. The molecule has 0 amide bonds. The van der Waals surface area contributed by atoms with Crippen molar-refractivity contribution in [2.45, 2.75) is 20.4 Å². The van der Waals surface area contributed by atoms with Gasteiger partial charge in [0.2, 0.25) is 0 Å². The van der Waals surface area contributed by atoms with Crippen molar-refractivity contribution in [3.63, 3.8) is 0 Å². The summed E-state index contributed by atoms with van der Waals surface area (Å²) < 4.78 is 2.13. The number of fused-ring (bicyclic) bond motifs is 1. The molecule has 0 unspecified atom stereocenters. The molecular formula is C20H20N6. The molecule has 1 N–H and O–H groups in total. The molecule has 1 aromatic carbocycles. The number of aryl methyl sites for hydroxylation is 3. The molecule has 0 aliphatic rings. The Morgan fingerprint density at radius 1 is 1.04 bits per heavy atom. The van der Waals surface area contributed by atoms with Crippen LogP contribution < -0.4 is 5.32 Å². The third-order valence-corrected chi connectivity index (χ3v) is 4.39. The van der Waals surface area contributed by atoms with Gasteiger partial charge < -0.3 is 9.88 Å². The molecule has 0 spiro atoms. The van der Waals surface area contributed by atoms with Crippen molar-refractivity contribution in [1.82, 2.24) is 24.5 Å². The van der Waals surface area contributed by atoms with Gasteiger partial charge in [0, 0.05) is 36.8 Å². The first-order valence-electron chi connectivity index (χ1n) is 8.52. The average molecular weight is 344 g/mol. The summed E-state index contributed by atoms with van der Waals surface area (Å²) in [4.78, 5) is 18.0. The number of anilines is 1. The zero-order chi connectivity index (χ0) is 18.1. The van der Waals surface area contributed by atoms with Gasteiger partial charge in [0.05, 0.1) is 17.6 Å². The Morgan fingerprint density at radius 3 is 2.69 bits per heavy atom. The monoisotopic (exact) mass is 344 g/mol. The largest absolute Gasteiger partial charge is 0.363 e. The normalized spacial score (nSPS) is 11.0. The molecular weight excluding hydrogens is 324 g/mol. The second kappa shape index (κ2) is 6.55. The smallest absolute Gasteiger partial charge is 0.163 e. The quantitative estimate of drug-likeness (QED) is 0.612. The number of hydrogen-bond donors (Lipinski definition) is 1. The predicted molar refractivity (Wildman–Crippen MR) is 103 cm³/mol. The van der Waals surface area contributed by atoms with Gasteiger partial charge in [-0.25, -0.2) is 15.0 Å². The molecule has 0 bridgehead atoms. The van der Waals surface area contributed by atoms with E-state index in [0.29, 0.717) is 12.4 Å². The van der Waals surface area contributed by atoms with Crippen LogP contribution >= 0.6 is 0 Å². The van der Waals surface area contributed by atoms with E-state index in [1.807, 2.05) is 44.3 Å². The van der Waals surface area contributed by atoms with Crippen LogP contribution in [0.4, 0.5) is 5.82 Å². The first-order chi connectivity index (χ1) is 12.6. The van der Waals surface area contributed by atoms with Crippen LogP contribution in [0, 0.1) is 13.8 Å². The van der Waals surface area contributed by atoms with Crippen LogP contribution in [0.2, 0.25) is 0 Å². The van der Waals surface area contributed by atoms with E-state index >= 15 is 0 Å². The van der Waals surface area contributed by atoms with E-state index < -0.39 is 0 Å². The molecule has 4 rings (SSSR count). The molecule has 3 aromatic heterocycles. The van der Waals surface area contributed by atoms with E-state index in [0.717, 1.165) is 28.4 Å². The molecule has 0 aliphatic carbocycles. The van der Waals surface area contributed by atoms with Crippen molar-refractivity contribution < 1.29 is 0 Å². The average Bonchev–Trinajstić information content (AvgIpc) is 2.97. The van der Waals surface area contributed by atoms with E-state index in [-0.39, 0.29) is 0 Å². The molecule has 3 heterocycles. The van der Waals surface area contributed by atoms with Crippen molar-refractivity contribution in [1.29, 1.82) is 0 Å². The molecule has 0 atom stereocenters. The SMILES string of the molecule is Cc1cc(NCc2nc3cccc(C)c3n2C)nc(-c2cccnc2)n1. The second-order valence-corrected chi connectivity index (χ2v) is 6.34. The van der Waals surface area contributed by atoms with Crippen molar-refractivity contribution >= 4 is 16.9 Å². The summed E-state index contributed by atoms with van der Waals surface area (Å²) in [6, 6.07) is 12.0. The zero-order valence-electron chi connectivity index (χ0n) is 15.1. The van der Waals surface area contributed by atoms with Gasteiger partial charge in [-0.2, -0.15) is 0 Å². The third-order valence-electron chi connectivity index (χ3n) is 4.39. The zero-order valence-corrected chi connectivity index (χ0v) is 15.1. The van der Waals surface area contributed by atoms with E-state index in [2.05, 4.69) is 37.8 Å². The molecule has 0 radical (unpaired) electrons. The summed E-state index contributed by atoms with van der Waals surface area (Å²) in [6.07, 6.45) is 3.51. The number of nitrogens with one attached hydrogen (secondary N) is 1. The molecule has 0 saturated carbocycles. The highest BCUT2D eigenvalue weighted by Crippen LogP contribution is 2.20. The van der Waals surface area contributed by atoms with Crippen molar-refractivity contribution in [3.8, 4) is 11.4 Å². The van der Waals surface area contributed by atoms with E-state index in [4.69, 9.17) is 4.98 Å². The number of nitrogens with zero attached hydrogens (tertiary/aromatic N) is 5. The van der Waals surface area contributed by atoms with Gasteiger partial charge in [-0.05, 0) is 37.6 Å². The van der Waals surface area contributed by atoms with Gasteiger partial charge in [0.15, 0.2) is 5.82 Å². The van der Waals surface area contributed by atoms with Crippen LogP contribution in [-0.2, 0) is 13.6 Å². The summed E-state index contributed by atoms with van der Waals surface area (Å²) >= 11 is 0. The lowest BCUT2D eigenvalue weighted by molar-refractivity contribution is 0.829. The van der Waals surface area contributed by atoms with Crippen LogP contribution in [0.1, 0.15) is 17.1 Å². The second-order valence-electron chi connectivity index (χ2n) is 6.34. The number of benzene rings is 1. The Bertz CT molecular complexity index is 1070. The molecule has 6 nitrogen and oxygen atoms in total. The molecule has 4 aromatic rings. The first kappa shape index (κ1) is 16.2. The molecule has 130 valence electrons. The summed E-state index contributed by atoms with van der Waals surface area (Å²) in [6.45, 7) is 4.66.